The Kier molecular flexibility index (Phi) is 5.95. The Bertz CT molecular complexity index is 1230. The number of amides is 2. The number of carbonyl (C=O) groups is 3. The SMILES string of the molecule is COc1ccc(C2/C(=C(/O)c3ccccc3)C(=O)C(=O)N2c2ccc(NC(C)=O)cc2)cc1. The summed E-state index contributed by atoms with van der Waals surface area (Å²) in [5.74, 6) is -1.36. The van der Waals surface area contributed by atoms with E-state index >= 15 is 0 Å². The molecule has 4 rings (SSSR count). The van der Waals surface area contributed by atoms with Gasteiger partial charge in [-0.05, 0) is 42.0 Å². The smallest absolute Gasteiger partial charge is 0.300 e. The molecule has 7 nitrogen and oxygen atoms in total. The van der Waals surface area contributed by atoms with Crippen LogP contribution in [0.3, 0.4) is 0 Å². The van der Waals surface area contributed by atoms with Crippen LogP contribution in [0.2, 0.25) is 0 Å². The highest BCUT2D eigenvalue weighted by Gasteiger charge is 2.46. The third-order valence-corrected chi connectivity index (χ3v) is 5.39. The number of anilines is 2. The zero-order valence-electron chi connectivity index (χ0n) is 18.1. The van der Waals surface area contributed by atoms with Crippen LogP contribution in [0.4, 0.5) is 11.4 Å². The number of aliphatic hydroxyl groups excluding tert-OH is 1. The largest absolute Gasteiger partial charge is 0.507 e. The number of hydrogen-bond acceptors (Lipinski definition) is 5. The van der Waals surface area contributed by atoms with Gasteiger partial charge in [-0.2, -0.15) is 0 Å². The first-order chi connectivity index (χ1) is 15.9. The van der Waals surface area contributed by atoms with Crippen molar-refractivity contribution in [3.63, 3.8) is 0 Å². The van der Waals surface area contributed by atoms with Gasteiger partial charge < -0.3 is 15.2 Å². The number of carbonyl (C=O) groups excluding carboxylic acids is 3. The fourth-order valence-corrected chi connectivity index (χ4v) is 3.86. The van der Waals surface area contributed by atoms with Crippen molar-refractivity contribution in [3.05, 3.63) is 95.6 Å². The molecular weight excluding hydrogens is 420 g/mol. The number of ketones is 1. The van der Waals surface area contributed by atoms with Crippen molar-refractivity contribution in [2.75, 3.05) is 17.3 Å². The van der Waals surface area contributed by atoms with Crippen LogP contribution in [0.15, 0.2) is 84.4 Å². The number of methoxy groups -OCH3 is 1. The van der Waals surface area contributed by atoms with E-state index in [1.807, 2.05) is 0 Å². The summed E-state index contributed by atoms with van der Waals surface area (Å²) in [4.78, 5) is 39.0. The van der Waals surface area contributed by atoms with Crippen molar-refractivity contribution >= 4 is 34.7 Å². The first-order valence-corrected chi connectivity index (χ1v) is 10.3. The van der Waals surface area contributed by atoms with Gasteiger partial charge in [0, 0.05) is 23.9 Å². The molecule has 1 saturated heterocycles. The van der Waals surface area contributed by atoms with Crippen molar-refractivity contribution in [1.29, 1.82) is 0 Å². The fraction of sp³-hybridized carbons (Fsp3) is 0.115. The Morgan fingerprint density at radius 2 is 1.58 bits per heavy atom. The lowest BCUT2D eigenvalue weighted by atomic mass is 9.95. The van der Waals surface area contributed by atoms with E-state index in [0.29, 0.717) is 28.3 Å². The van der Waals surface area contributed by atoms with Crippen LogP contribution in [0.5, 0.6) is 5.75 Å². The first kappa shape index (κ1) is 21.8. The van der Waals surface area contributed by atoms with Gasteiger partial charge in [0.05, 0.1) is 18.7 Å². The number of hydrogen-bond donors (Lipinski definition) is 2. The molecule has 1 unspecified atom stereocenters. The van der Waals surface area contributed by atoms with Crippen LogP contribution in [0.1, 0.15) is 24.1 Å². The van der Waals surface area contributed by atoms with Crippen molar-refractivity contribution in [3.8, 4) is 5.75 Å². The van der Waals surface area contributed by atoms with Crippen LogP contribution in [-0.2, 0) is 14.4 Å². The zero-order valence-corrected chi connectivity index (χ0v) is 18.1. The van der Waals surface area contributed by atoms with E-state index in [0.717, 1.165) is 0 Å². The minimum Gasteiger partial charge on any atom is -0.507 e. The maximum absolute atomic E-state index is 13.2. The van der Waals surface area contributed by atoms with Gasteiger partial charge in [0.25, 0.3) is 11.7 Å². The molecule has 0 bridgehead atoms. The van der Waals surface area contributed by atoms with Crippen LogP contribution in [0, 0.1) is 0 Å². The third kappa shape index (κ3) is 4.21. The molecule has 166 valence electrons. The lowest BCUT2D eigenvalue weighted by Gasteiger charge is -2.25. The van der Waals surface area contributed by atoms with Gasteiger partial charge >= 0.3 is 0 Å². The lowest BCUT2D eigenvalue weighted by molar-refractivity contribution is -0.132. The minimum atomic E-state index is -0.845. The Balaban J connectivity index is 1.86. The van der Waals surface area contributed by atoms with Crippen molar-refractivity contribution in [1.82, 2.24) is 0 Å². The number of Topliss-reactive ketones (excluding diaryl/α,β-unsaturated/α-hetero) is 1. The van der Waals surface area contributed by atoms with E-state index in [1.165, 1.54) is 11.8 Å². The van der Waals surface area contributed by atoms with Crippen LogP contribution >= 0.6 is 0 Å². The standard InChI is InChI=1S/C26H22N2O5/c1-16(29)27-19-10-12-20(13-11-19)28-23(17-8-14-21(33-2)15-9-17)22(25(31)26(28)32)24(30)18-6-4-3-5-7-18/h3-15,23,30H,1-2H3,(H,27,29)/b24-22-. The maximum Gasteiger partial charge on any atom is 0.300 e. The zero-order chi connectivity index (χ0) is 23.5. The van der Waals surface area contributed by atoms with Gasteiger partial charge in [0.2, 0.25) is 5.91 Å². The van der Waals surface area contributed by atoms with Gasteiger partial charge in [-0.15, -0.1) is 0 Å². The van der Waals surface area contributed by atoms with Gasteiger partial charge in [0.1, 0.15) is 11.5 Å². The molecule has 1 heterocycles. The Labute approximate surface area is 190 Å². The molecule has 7 heteroatoms. The number of rotatable bonds is 5. The van der Waals surface area contributed by atoms with E-state index in [1.54, 1.807) is 86.0 Å². The second-order valence-corrected chi connectivity index (χ2v) is 7.54. The van der Waals surface area contributed by atoms with E-state index < -0.39 is 17.7 Å². The van der Waals surface area contributed by atoms with Gasteiger partial charge in [-0.3, -0.25) is 19.3 Å². The van der Waals surface area contributed by atoms with Gasteiger partial charge in [-0.1, -0.05) is 42.5 Å². The van der Waals surface area contributed by atoms with Crippen LogP contribution in [-0.4, -0.2) is 29.8 Å². The summed E-state index contributed by atoms with van der Waals surface area (Å²) in [7, 11) is 1.55. The van der Waals surface area contributed by atoms with Crippen LogP contribution in [0.25, 0.3) is 5.76 Å². The average Bonchev–Trinajstić information content (AvgIpc) is 3.10. The molecule has 3 aromatic rings. The number of nitrogens with zero attached hydrogens (tertiary/aromatic N) is 1. The normalized spacial score (nSPS) is 17.2. The number of ether oxygens (including phenoxy) is 1. The van der Waals surface area contributed by atoms with E-state index in [4.69, 9.17) is 4.74 Å². The average molecular weight is 442 g/mol. The predicted molar refractivity (Wildman–Crippen MR) is 125 cm³/mol. The van der Waals surface area contributed by atoms with Crippen LogP contribution < -0.4 is 15.0 Å². The highest BCUT2D eigenvalue weighted by molar-refractivity contribution is 6.51. The molecule has 2 N–H and O–H groups in total. The minimum absolute atomic E-state index is 0.00213. The molecule has 0 spiro atoms. The highest BCUT2D eigenvalue weighted by Crippen LogP contribution is 2.42. The topological polar surface area (TPSA) is 95.9 Å². The summed E-state index contributed by atoms with van der Waals surface area (Å²) < 4.78 is 5.23. The highest BCUT2D eigenvalue weighted by atomic mass is 16.5. The summed E-state index contributed by atoms with van der Waals surface area (Å²) in [6.07, 6.45) is 0. The predicted octanol–water partition coefficient (Wildman–Crippen LogP) is 4.28. The quantitative estimate of drug-likeness (QED) is 0.349. The molecule has 0 aliphatic carbocycles. The van der Waals surface area contributed by atoms with Crippen molar-refractivity contribution < 1.29 is 24.2 Å². The van der Waals surface area contributed by atoms with Gasteiger partial charge in [-0.25, -0.2) is 0 Å². The molecule has 1 aliphatic rings. The summed E-state index contributed by atoms with van der Waals surface area (Å²) in [5, 5.41) is 13.7. The summed E-state index contributed by atoms with van der Waals surface area (Å²) >= 11 is 0. The Morgan fingerprint density at radius 3 is 2.15 bits per heavy atom. The third-order valence-electron chi connectivity index (χ3n) is 5.39. The summed E-state index contributed by atoms with van der Waals surface area (Å²) in [5.41, 5.74) is 2.10. The van der Waals surface area contributed by atoms with E-state index in [9.17, 15) is 19.5 Å². The molecule has 0 aromatic heterocycles. The molecule has 0 radical (unpaired) electrons. The lowest BCUT2D eigenvalue weighted by Crippen LogP contribution is -2.29. The Morgan fingerprint density at radius 1 is 0.939 bits per heavy atom. The fourth-order valence-electron chi connectivity index (χ4n) is 3.86. The monoisotopic (exact) mass is 442 g/mol. The maximum atomic E-state index is 13.2. The molecule has 0 saturated carbocycles. The second-order valence-electron chi connectivity index (χ2n) is 7.54. The number of aliphatic hydroxyl groups is 1. The molecule has 1 aliphatic heterocycles. The van der Waals surface area contributed by atoms with Crippen molar-refractivity contribution in [2.45, 2.75) is 13.0 Å². The summed E-state index contributed by atoms with van der Waals surface area (Å²) in [6.45, 7) is 1.40. The Hall–Kier alpha value is -4.39. The van der Waals surface area contributed by atoms with E-state index in [2.05, 4.69) is 5.32 Å². The first-order valence-electron chi connectivity index (χ1n) is 10.3. The molecule has 2 amide bonds. The van der Waals surface area contributed by atoms with Crippen molar-refractivity contribution in [2.24, 2.45) is 0 Å². The summed E-state index contributed by atoms with van der Waals surface area (Å²) in [6, 6.07) is 21.4. The van der Waals surface area contributed by atoms with E-state index in [-0.39, 0.29) is 17.2 Å². The number of nitrogens with one attached hydrogen (secondary N) is 1. The number of benzene rings is 3. The van der Waals surface area contributed by atoms with Gasteiger partial charge in [0.15, 0.2) is 0 Å². The molecule has 1 fully saturated rings. The molecule has 33 heavy (non-hydrogen) atoms. The molecule has 3 aromatic carbocycles. The second kappa shape index (κ2) is 9.00. The molecular formula is C26H22N2O5. The molecule has 1 atom stereocenters.